The minimum atomic E-state index is -4.74. The number of rotatable bonds is 8. The van der Waals surface area contributed by atoms with Gasteiger partial charge in [0, 0.05) is 49.3 Å². The quantitative estimate of drug-likeness (QED) is 0.327. The van der Waals surface area contributed by atoms with Crippen LogP contribution in [0.3, 0.4) is 0 Å². The number of nitrogens with zero attached hydrogens (tertiary/aromatic N) is 7. The number of amides is 1. The number of halogens is 4. The Kier molecular flexibility index (Phi) is 8.17. The summed E-state index contributed by atoms with van der Waals surface area (Å²) in [5.74, 6) is -0.713. The number of hydrogen-bond donors (Lipinski definition) is 1. The zero-order valence-corrected chi connectivity index (χ0v) is 22.4. The molecule has 0 radical (unpaired) electrons. The standard InChI is InChI=1S/C26H26ClF3N8O/c1-16-5-6-19(11-22(16)38-14-21(34-35-38)18-12-31-15-32-13-18)33-25(39)17-9-20(26(28,29)30)24(27)23(10-17)37(4)8-7-36(2)3/h5-6,9-15H,7-8H2,1-4H3,(H,33,39). The normalized spacial score (nSPS) is 11.6. The Bertz CT molecular complexity index is 1470. The highest BCUT2D eigenvalue weighted by Gasteiger charge is 2.36. The molecular formula is C26H26ClF3N8O. The number of nitrogens with one attached hydrogen (secondary N) is 1. The monoisotopic (exact) mass is 558 g/mol. The average Bonchev–Trinajstić information content (AvgIpc) is 3.38. The first kappa shape index (κ1) is 28.0. The predicted octanol–water partition coefficient (Wildman–Crippen LogP) is 4.96. The van der Waals surface area contributed by atoms with Crippen molar-refractivity contribution in [1.82, 2.24) is 29.9 Å². The van der Waals surface area contributed by atoms with Crippen molar-refractivity contribution in [2.45, 2.75) is 13.1 Å². The van der Waals surface area contributed by atoms with Gasteiger partial charge in [-0.05, 0) is 50.8 Å². The second kappa shape index (κ2) is 11.4. The summed E-state index contributed by atoms with van der Waals surface area (Å²) in [4.78, 5) is 24.6. The summed E-state index contributed by atoms with van der Waals surface area (Å²) >= 11 is 6.16. The van der Waals surface area contributed by atoms with Gasteiger partial charge in [0.2, 0.25) is 0 Å². The van der Waals surface area contributed by atoms with E-state index in [1.54, 1.807) is 48.7 Å². The fraction of sp³-hybridized carbons (Fsp3) is 0.269. The van der Waals surface area contributed by atoms with E-state index in [9.17, 15) is 18.0 Å². The van der Waals surface area contributed by atoms with Crippen molar-refractivity contribution in [2.24, 2.45) is 0 Å². The lowest BCUT2D eigenvalue weighted by atomic mass is 10.1. The predicted molar refractivity (Wildman–Crippen MR) is 143 cm³/mol. The van der Waals surface area contributed by atoms with E-state index in [0.29, 0.717) is 35.7 Å². The third kappa shape index (κ3) is 6.52. The maximum atomic E-state index is 13.8. The molecule has 0 unspecified atom stereocenters. The molecule has 0 aliphatic heterocycles. The van der Waals surface area contributed by atoms with Gasteiger partial charge in [0.1, 0.15) is 12.0 Å². The van der Waals surface area contributed by atoms with Crippen molar-refractivity contribution in [3.05, 3.63) is 77.0 Å². The van der Waals surface area contributed by atoms with Crippen LogP contribution in [-0.4, -0.2) is 70.0 Å². The number of hydrogen-bond acceptors (Lipinski definition) is 7. The number of benzene rings is 2. The molecule has 0 atom stereocenters. The van der Waals surface area contributed by atoms with Gasteiger partial charge in [-0.2, -0.15) is 13.2 Å². The number of aromatic nitrogens is 5. The smallest absolute Gasteiger partial charge is 0.372 e. The largest absolute Gasteiger partial charge is 0.417 e. The molecule has 0 fully saturated rings. The van der Waals surface area contributed by atoms with Crippen molar-refractivity contribution in [2.75, 3.05) is 44.4 Å². The van der Waals surface area contributed by atoms with E-state index >= 15 is 0 Å². The summed E-state index contributed by atoms with van der Waals surface area (Å²) in [5.41, 5.74) is 1.93. The van der Waals surface area contributed by atoms with Gasteiger partial charge >= 0.3 is 6.18 Å². The number of alkyl halides is 3. The lowest BCUT2D eigenvalue weighted by Gasteiger charge is -2.25. The van der Waals surface area contributed by atoms with Crippen LogP contribution in [0.2, 0.25) is 5.02 Å². The zero-order chi connectivity index (χ0) is 28.3. The van der Waals surface area contributed by atoms with E-state index in [1.807, 2.05) is 25.9 Å². The Labute approximate surface area is 228 Å². The maximum absolute atomic E-state index is 13.8. The number of carbonyl (C=O) groups excluding carboxylic acids is 1. The second-order valence-corrected chi connectivity index (χ2v) is 9.59. The van der Waals surface area contributed by atoms with Crippen molar-refractivity contribution >= 4 is 28.9 Å². The fourth-order valence-corrected chi connectivity index (χ4v) is 4.14. The molecule has 0 aliphatic rings. The van der Waals surface area contributed by atoms with Crippen molar-refractivity contribution in [3.8, 4) is 16.9 Å². The van der Waals surface area contributed by atoms with Crippen molar-refractivity contribution < 1.29 is 18.0 Å². The van der Waals surface area contributed by atoms with Crippen LogP contribution in [0.25, 0.3) is 16.9 Å². The minimum Gasteiger partial charge on any atom is -0.372 e. The Morgan fingerprint density at radius 3 is 2.46 bits per heavy atom. The summed E-state index contributed by atoms with van der Waals surface area (Å²) in [5, 5.41) is 10.6. The van der Waals surface area contributed by atoms with E-state index in [0.717, 1.165) is 11.6 Å². The van der Waals surface area contributed by atoms with Crippen LogP contribution in [-0.2, 0) is 6.18 Å². The summed E-state index contributed by atoms with van der Waals surface area (Å²) < 4.78 is 43.0. The number of likely N-dealkylation sites (N-methyl/N-ethyl adjacent to an activating group) is 2. The third-order valence-electron chi connectivity index (χ3n) is 5.98. The second-order valence-electron chi connectivity index (χ2n) is 9.21. The third-order valence-corrected chi connectivity index (χ3v) is 6.38. The average molecular weight is 559 g/mol. The van der Waals surface area contributed by atoms with Crippen LogP contribution in [0, 0.1) is 6.92 Å². The molecule has 0 bridgehead atoms. The molecule has 4 rings (SSSR count). The number of carbonyl (C=O) groups is 1. The van der Waals surface area contributed by atoms with Crippen LogP contribution < -0.4 is 10.2 Å². The molecular weight excluding hydrogens is 533 g/mol. The van der Waals surface area contributed by atoms with Crippen LogP contribution in [0.1, 0.15) is 21.5 Å². The molecule has 9 nitrogen and oxygen atoms in total. The van der Waals surface area contributed by atoms with Gasteiger partial charge in [0.25, 0.3) is 5.91 Å². The molecule has 13 heteroatoms. The zero-order valence-electron chi connectivity index (χ0n) is 21.7. The number of anilines is 2. The molecule has 39 heavy (non-hydrogen) atoms. The van der Waals surface area contributed by atoms with E-state index in [1.165, 1.54) is 17.1 Å². The molecule has 1 amide bonds. The molecule has 1 N–H and O–H groups in total. The molecule has 2 heterocycles. The van der Waals surface area contributed by atoms with Gasteiger partial charge in [-0.1, -0.05) is 22.9 Å². The molecule has 0 aliphatic carbocycles. The van der Waals surface area contributed by atoms with Gasteiger partial charge in [0.05, 0.1) is 28.2 Å². The highest BCUT2D eigenvalue weighted by molar-refractivity contribution is 6.34. The van der Waals surface area contributed by atoms with Gasteiger partial charge in [0.15, 0.2) is 0 Å². The first-order valence-electron chi connectivity index (χ1n) is 11.8. The van der Waals surface area contributed by atoms with Crippen LogP contribution in [0.4, 0.5) is 24.5 Å². The molecule has 204 valence electrons. The Morgan fingerprint density at radius 2 is 1.79 bits per heavy atom. The summed E-state index contributed by atoms with van der Waals surface area (Å²) in [6.07, 6.45) is 1.58. The summed E-state index contributed by atoms with van der Waals surface area (Å²) in [7, 11) is 5.34. The SMILES string of the molecule is Cc1ccc(NC(=O)c2cc(N(C)CCN(C)C)c(Cl)c(C(F)(F)F)c2)cc1-n1cc(-c2cncnc2)nn1. The van der Waals surface area contributed by atoms with Crippen LogP contribution >= 0.6 is 11.6 Å². The van der Waals surface area contributed by atoms with Gasteiger partial charge < -0.3 is 15.1 Å². The highest BCUT2D eigenvalue weighted by atomic mass is 35.5. The Balaban J connectivity index is 1.64. The molecule has 4 aromatic rings. The molecule has 2 aromatic heterocycles. The van der Waals surface area contributed by atoms with E-state index in [-0.39, 0.29) is 11.3 Å². The first-order chi connectivity index (χ1) is 18.4. The topological polar surface area (TPSA) is 92.1 Å². The number of aryl methyl sites for hydroxylation is 1. The van der Waals surface area contributed by atoms with Crippen LogP contribution in [0.15, 0.2) is 55.2 Å². The van der Waals surface area contributed by atoms with Gasteiger partial charge in [-0.3, -0.25) is 4.79 Å². The van der Waals surface area contributed by atoms with Crippen molar-refractivity contribution in [3.63, 3.8) is 0 Å². The summed E-state index contributed by atoms with van der Waals surface area (Å²) in [6, 6.07) is 7.22. The van der Waals surface area contributed by atoms with E-state index in [4.69, 9.17) is 11.6 Å². The minimum absolute atomic E-state index is 0.114. The molecule has 0 saturated heterocycles. The van der Waals surface area contributed by atoms with E-state index in [2.05, 4.69) is 25.6 Å². The van der Waals surface area contributed by atoms with Gasteiger partial charge in [-0.25, -0.2) is 14.6 Å². The first-order valence-corrected chi connectivity index (χ1v) is 12.2. The Hall–Kier alpha value is -4.03. The Morgan fingerprint density at radius 1 is 1.08 bits per heavy atom. The lowest BCUT2D eigenvalue weighted by Crippen LogP contribution is -2.29. The highest BCUT2D eigenvalue weighted by Crippen LogP contribution is 2.40. The van der Waals surface area contributed by atoms with E-state index < -0.39 is 22.7 Å². The lowest BCUT2D eigenvalue weighted by molar-refractivity contribution is -0.137. The van der Waals surface area contributed by atoms with Crippen molar-refractivity contribution in [1.29, 1.82) is 0 Å². The molecule has 0 spiro atoms. The summed E-state index contributed by atoms with van der Waals surface area (Å²) in [6.45, 7) is 2.85. The maximum Gasteiger partial charge on any atom is 0.417 e. The fourth-order valence-electron chi connectivity index (χ4n) is 3.78. The van der Waals surface area contributed by atoms with Gasteiger partial charge in [-0.15, -0.1) is 5.10 Å². The molecule has 2 aromatic carbocycles. The molecule has 0 saturated carbocycles. The van der Waals surface area contributed by atoms with Crippen LogP contribution in [0.5, 0.6) is 0 Å².